The van der Waals surface area contributed by atoms with Gasteiger partial charge >= 0.3 is 0 Å². The van der Waals surface area contributed by atoms with E-state index in [1.165, 1.54) is 50.2 Å². The van der Waals surface area contributed by atoms with Crippen LogP contribution >= 0.6 is 11.8 Å². The SMILES string of the molecule is C(CNC1CC1)NCCC1CCSCC1. The second-order valence-corrected chi connectivity index (χ2v) is 6.05. The molecule has 0 amide bonds. The van der Waals surface area contributed by atoms with E-state index in [0.717, 1.165) is 25.0 Å². The summed E-state index contributed by atoms with van der Waals surface area (Å²) in [7, 11) is 0. The maximum atomic E-state index is 3.55. The first kappa shape index (κ1) is 11.7. The first-order valence-electron chi connectivity index (χ1n) is 6.47. The largest absolute Gasteiger partial charge is 0.315 e. The molecule has 0 aromatic heterocycles. The summed E-state index contributed by atoms with van der Waals surface area (Å²) in [6.45, 7) is 3.53. The van der Waals surface area contributed by atoms with Crippen molar-refractivity contribution in [3.63, 3.8) is 0 Å². The van der Waals surface area contributed by atoms with Crippen molar-refractivity contribution in [1.82, 2.24) is 10.6 Å². The normalized spacial score (nSPS) is 23.2. The van der Waals surface area contributed by atoms with Crippen molar-refractivity contribution in [2.45, 2.75) is 38.1 Å². The molecule has 2 fully saturated rings. The van der Waals surface area contributed by atoms with Gasteiger partial charge in [0.2, 0.25) is 0 Å². The highest BCUT2D eigenvalue weighted by Crippen LogP contribution is 2.24. The Morgan fingerprint density at radius 1 is 0.933 bits per heavy atom. The zero-order chi connectivity index (χ0) is 10.3. The van der Waals surface area contributed by atoms with Gasteiger partial charge in [0.25, 0.3) is 0 Å². The quantitative estimate of drug-likeness (QED) is 0.651. The smallest absolute Gasteiger partial charge is 0.00793 e. The van der Waals surface area contributed by atoms with Crippen LogP contribution in [0.4, 0.5) is 0 Å². The van der Waals surface area contributed by atoms with E-state index in [9.17, 15) is 0 Å². The summed E-state index contributed by atoms with van der Waals surface area (Å²) in [6, 6.07) is 0.863. The fourth-order valence-electron chi connectivity index (χ4n) is 2.12. The van der Waals surface area contributed by atoms with Gasteiger partial charge in [-0.15, -0.1) is 0 Å². The average molecular weight is 228 g/mol. The number of nitrogens with one attached hydrogen (secondary N) is 2. The van der Waals surface area contributed by atoms with E-state index >= 15 is 0 Å². The minimum atomic E-state index is 0.863. The minimum Gasteiger partial charge on any atom is -0.315 e. The first-order chi connectivity index (χ1) is 7.45. The van der Waals surface area contributed by atoms with Gasteiger partial charge in [-0.2, -0.15) is 11.8 Å². The minimum absolute atomic E-state index is 0.863. The van der Waals surface area contributed by atoms with E-state index in [1.807, 2.05) is 0 Å². The average Bonchev–Trinajstić information content (AvgIpc) is 3.09. The number of hydrogen-bond donors (Lipinski definition) is 2. The van der Waals surface area contributed by atoms with E-state index in [1.54, 1.807) is 0 Å². The maximum absolute atomic E-state index is 3.55. The molecule has 15 heavy (non-hydrogen) atoms. The van der Waals surface area contributed by atoms with Gasteiger partial charge in [-0.1, -0.05) is 0 Å². The van der Waals surface area contributed by atoms with Gasteiger partial charge in [-0.25, -0.2) is 0 Å². The van der Waals surface area contributed by atoms with Crippen LogP contribution in [-0.4, -0.2) is 37.2 Å². The number of thioether (sulfide) groups is 1. The Hall–Kier alpha value is 0.270. The lowest BCUT2D eigenvalue weighted by atomic mass is 9.99. The highest BCUT2D eigenvalue weighted by Gasteiger charge is 2.19. The molecule has 3 heteroatoms. The van der Waals surface area contributed by atoms with E-state index in [0.29, 0.717) is 0 Å². The summed E-state index contributed by atoms with van der Waals surface area (Å²) in [5.74, 6) is 3.80. The van der Waals surface area contributed by atoms with Crippen molar-refractivity contribution < 1.29 is 0 Å². The molecular formula is C12H24N2S. The lowest BCUT2D eigenvalue weighted by molar-refractivity contribution is 0.436. The summed E-state index contributed by atoms with van der Waals surface area (Å²) in [6.07, 6.45) is 7.10. The molecule has 0 aromatic carbocycles. The lowest BCUT2D eigenvalue weighted by Gasteiger charge is -2.21. The van der Waals surface area contributed by atoms with Crippen molar-refractivity contribution in [2.75, 3.05) is 31.1 Å². The van der Waals surface area contributed by atoms with Crippen LogP contribution in [0.1, 0.15) is 32.1 Å². The summed E-state index contributed by atoms with van der Waals surface area (Å²) in [4.78, 5) is 0. The van der Waals surface area contributed by atoms with Crippen LogP contribution in [-0.2, 0) is 0 Å². The molecule has 0 atom stereocenters. The van der Waals surface area contributed by atoms with E-state index in [2.05, 4.69) is 22.4 Å². The Kier molecular flexibility index (Phi) is 5.30. The molecule has 2 nitrogen and oxygen atoms in total. The van der Waals surface area contributed by atoms with Crippen molar-refractivity contribution in [1.29, 1.82) is 0 Å². The topological polar surface area (TPSA) is 24.1 Å². The second kappa shape index (κ2) is 6.77. The van der Waals surface area contributed by atoms with Crippen LogP contribution < -0.4 is 10.6 Å². The van der Waals surface area contributed by atoms with Gasteiger partial charge in [0.1, 0.15) is 0 Å². The monoisotopic (exact) mass is 228 g/mol. The van der Waals surface area contributed by atoms with Crippen molar-refractivity contribution in [3.8, 4) is 0 Å². The Morgan fingerprint density at radius 2 is 1.73 bits per heavy atom. The Morgan fingerprint density at radius 3 is 2.47 bits per heavy atom. The molecule has 88 valence electrons. The van der Waals surface area contributed by atoms with Gasteiger partial charge in [-0.05, 0) is 56.1 Å². The first-order valence-corrected chi connectivity index (χ1v) is 7.62. The Bertz CT molecular complexity index is 165. The Balaban J connectivity index is 1.37. The molecule has 2 rings (SSSR count). The van der Waals surface area contributed by atoms with Crippen LogP contribution in [0.25, 0.3) is 0 Å². The summed E-state index contributed by atoms with van der Waals surface area (Å²) in [5, 5.41) is 7.08. The molecule has 0 unspecified atom stereocenters. The lowest BCUT2D eigenvalue weighted by Crippen LogP contribution is -2.30. The van der Waals surface area contributed by atoms with Crippen molar-refractivity contribution >= 4 is 11.8 Å². The zero-order valence-corrected chi connectivity index (χ0v) is 10.5. The molecular weight excluding hydrogens is 204 g/mol. The van der Waals surface area contributed by atoms with Crippen LogP contribution in [0.15, 0.2) is 0 Å². The van der Waals surface area contributed by atoms with Crippen LogP contribution in [0.2, 0.25) is 0 Å². The van der Waals surface area contributed by atoms with Crippen LogP contribution in [0.5, 0.6) is 0 Å². The van der Waals surface area contributed by atoms with Gasteiger partial charge in [-0.3, -0.25) is 0 Å². The molecule has 0 bridgehead atoms. The van der Waals surface area contributed by atoms with Gasteiger partial charge in [0, 0.05) is 19.1 Å². The third-order valence-corrected chi connectivity index (χ3v) is 4.43. The molecule has 1 saturated heterocycles. The Labute approximate surface area is 98.0 Å². The predicted octanol–water partition coefficient (Wildman–Crippen LogP) is 1.86. The highest BCUT2D eigenvalue weighted by atomic mass is 32.2. The van der Waals surface area contributed by atoms with E-state index < -0.39 is 0 Å². The standard InChI is InChI=1S/C12H24N2S/c1-2-12(1)14-8-7-13-6-3-11-4-9-15-10-5-11/h11-14H,1-10H2. The third kappa shape index (κ3) is 5.23. The van der Waals surface area contributed by atoms with Crippen LogP contribution in [0, 0.1) is 5.92 Å². The fourth-order valence-corrected chi connectivity index (χ4v) is 3.32. The number of hydrogen-bond acceptors (Lipinski definition) is 3. The van der Waals surface area contributed by atoms with Gasteiger partial charge in [0.05, 0.1) is 0 Å². The molecule has 2 aliphatic rings. The van der Waals surface area contributed by atoms with Crippen molar-refractivity contribution in [3.05, 3.63) is 0 Å². The molecule has 1 aliphatic heterocycles. The molecule has 1 heterocycles. The molecule has 1 aliphatic carbocycles. The molecule has 0 aromatic rings. The molecule has 2 N–H and O–H groups in total. The van der Waals surface area contributed by atoms with Crippen molar-refractivity contribution in [2.24, 2.45) is 5.92 Å². The van der Waals surface area contributed by atoms with Crippen LogP contribution in [0.3, 0.4) is 0 Å². The van der Waals surface area contributed by atoms with E-state index in [-0.39, 0.29) is 0 Å². The third-order valence-electron chi connectivity index (χ3n) is 3.38. The summed E-state index contributed by atoms with van der Waals surface area (Å²) < 4.78 is 0. The second-order valence-electron chi connectivity index (χ2n) is 4.82. The summed E-state index contributed by atoms with van der Waals surface area (Å²) in [5.41, 5.74) is 0. The summed E-state index contributed by atoms with van der Waals surface area (Å²) >= 11 is 2.13. The fraction of sp³-hybridized carbons (Fsp3) is 1.00. The predicted molar refractivity (Wildman–Crippen MR) is 68.6 cm³/mol. The molecule has 0 spiro atoms. The molecule has 1 saturated carbocycles. The van der Waals surface area contributed by atoms with Gasteiger partial charge < -0.3 is 10.6 Å². The number of rotatable bonds is 7. The highest BCUT2D eigenvalue weighted by molar-refractivity contribution is 7.99. The van der Waals surface area contributed by atoms with E-state index in [4.69, 9.17) is 0 Å². The zero-order valence-electron chi connectivity index (χ0n) is 9.63. The maximum Gasteiger partial charge on any atom is 0.00793 e. The van der Waals surface area contributed by atoms with Gasteiger partial charge in [0.15, 0.2) is 0 Å². The molecule has 0 radical (unpaired) electrons.